The molecule has 1 aromatic rings. The Morgan fingerprint density at radius 2 is 1.88 bits per heavy atom. The van der Waals surface area contributed by atoms with E-state index in [4.69, 9.17) is 9.47 Å². The topological polar surface area (TPSA) is 52.6 Å². The van der Waals surface area contributed by atoms with E-state index in [1.807, 2.05) is 0 Å². The van der Waals surface area contributed by atoms with E-state index < -0.39 is 26.5 Å². The monoisotopic (exact) mass is 456 g/mol. The lowest BCUT2D eigenvalue weighted by molar-refractivity contribution is -0.174. The van der Waals surface area contributed by atoms with Crippen molar-refractivity contribution in [2.45, 2.75) is 42.4 Å². The first kappa shape index (κ1) is 20.1. The Kier molecular flexibility index (Phi) is 5.73. The Morgan fingerprint density at radius 1 is 1.19 bits per heavy atom. The minimum atomic E-state index is -4.73. The van der Waals surface area contributed by atoms with Gasteiger partial charge in [-0.3, -0.25) is 0 Å². The molecule has 1 aliphatic carbocycles. The second-order valence-corrected chi connectivity index (χ2v) is 9.87. The van der Waals surface area contributed by atoms with Gasteiger partial charge in [0.15, 0.2) is 9.84 Å². The summed E-state index contributed by atoms with van der Waals surface area (Å²) in [5.74, 6) is -0.463. The number of alkyl halides is 3. The highest BCUT2D eigenvalue weighted by atomic mass is 79.9. The van der Waals surface area contributed by atoms with Crippen LogP contribution in [0.3, 0.4) is 0 Å². The predicted molar refractivity (Wildman–Crippen MR) is 92.7 cm³/mol. The van der Waals surface area contributed by atoms with Crippen LogP contribution in [-0.2, 0) is 25.5 Å². The fraction of sp³-hybridized carbons (Fsp3) is 0.647. The molecule has 0 amide bonds. The van der Waals surface area contributed by atoms with E-state index in [2.05, 4.69) is 15.9 Å². The van der Waals surface area contributed by atoms with Gasteiger partial charge >= 0.3 is 6.18 Å². The van der Waals surface area contributed by atoms with E-state index in [1.54, 1.807) is 0 Å². The molecule has 2 fully saturated rings. The van der Waals surface area contributed by atoms with Crippen LogP contribution < -0.4 is 0 Å². The first-order chi connectivity index (χ1) is 12.1. The summed E-state index contributed by atoms with van der Waals surface area (Å²) in [6.07, 6.45) is -2.20. The van der Waals surface area contributed by atoms with Crippen molar-refractivity contribution in [3.63, 3.8) is 0 Å². The van der Waals surface area contributed by atoms with Crippen LogP contribution in [0.1, 0.15) is 31.2 Å². The zero-order valence-corrected chi connectivity index (χ0v) is 16.4. The van der Waals surface area contributed by atoms with Gasteiger partial charge < -0.3 is 9.47 Å². The third kappa shape index (κ3) is 4.43. The number of benzene rings is 1. The van der Waals surface area contributed by atoms with Crippen molar-refractivity contribution in [3.8, 4) is 0 Å². The minimum absolute atomic E-state index is 0.180. The summed E-state index contributed by atoms with van der Waals surface area (Å²) in [6.45, 7) is 1.58. The SMILES string of the molecule is O=S(=O)(CC1CCC2(CC1)COCCO2)c1ccc(Br)cc1C(F)(F)F. The average molecular weight is 457 g/mol. The van der Waals surface area contributed by atoms with Crippen molar-refractivity contribution in [1.29, 1.82) is 0 Å². The van der Waals surface area contributed by atoms with Crippen molar-refractivity contribution in [2.24, 2.45) is 5.92 Å². The zero-order valence-electron chi connectivity index (χ0n) is 14.0. The maximum atomic E-state index is 13.3. The van der Waals surface area contributed by atoms with Crippen LogP contribution in [0.25, 0.3) is 0 Å². The van der Waals surface area contributed by atoms with Gasteiger partial charge in [-0.25, -0.2) is 8.42 Å². The molecule has 2 aliphatic rings. The largest absolute Gasteiger partial charge is 0.417 e. The van der Waals surface area contributed by atoms with Gasteiger partial charge in [-0.2, -0.15) is 13.2 Å². The molecule has 0 bridgehead atoms. The van der Waals surface area contributed by atoms with Gasteiger partial charge in [0.05, 0.1) is 41.6 Å². The second-order valence-electron chi connectivity index (χ2n) is 6.95. The molecule has 0 radical (unpaired) electrons. The summed E-state index contributed by atoms with van der Waals surface area (Å²) in [5, 5.41) is 0. The van der Waals surface area contributed by atoms with Gasteiger partial charge in [-0.15, -0.1) is 0 Å². The van der Waals surface area contributed by atoms with Gasteiger partial charge in [0.25, 0.3) is 0 Å². The summed E-state index contributed by atoms with van der Waals surface area (Å²) in [6, 6.07) is 3.17. The summed E-state index contributed by atoms with van der Waals surface area (Å²) in [4.78, 5) is -0.647. The third-order valence-corrected chi connectivity index (χ3v) is 7.48. The van der Waals surface area contributed by atoms with Gasteiger partial charge in [0, 0.05) is 4.47 Å². The lowest BCUT2D eigenvalue weighted by Crippen LogP contribution is -2.46. The molecule has 9 heteroatoms. The van der Waals surface area contributed by atoms with Crippen molar-refractivity contribution in [3.05, 3.63) is 28.2 Å². The molecule has 0 atom stereocenters. The van der Waals surface area contributed by atoms with Crippen LogP contribution in [-0.4, -0.2) is 39.6 Å². The van der Waals surface area contributed by atoms with Crippen LogP contribution in [0.4, 0.5) is 13.2 Å². The number of sulfone groups is 1. The molecule has 1 aliphatic heterocycles. The third-order valence-electron chi connectivity index (χ3n) is 5.05. The molecule has 3 rings (SSSR count). The molecule has 1 saturated carbocycles. The summed E-state index contributed by atoms with van der Waals surface area (Å²) in [7, 11) is -4.05. The van der Waals surface area contributed by atoms with E-state index >= 15 is 0 Å². The molecule has 4 nitrogen and oxygen atoms in total. The van der Waals surface area contributed by atoms with Crippen LogP contribution in [0, 0.1) is 5.92 Å². The van der Waals surface area contributed by atoms with Gasteiger partial charge in [-0.1, -0.05) is 15.9 Å². The van der Waals surface area contributed by atoms with Gasteiger partial charge in [0.2, 0.25) is 0 Å². The Morgan fingerprint density at radius 3 is 2.46 bits per heavy atom. The number of rotatable bonds is 3. The van der Waals surface area contributed by atoms with E-state index in [0.29, 0.717) is 45.5 Å². The molecule has 0 unspecified atom stereocenters. The highest BCUT2D eigenvalue weighted by Crippen LogP contribution is 2.40. The van der Waals surface area contributed by atoms with Gasteiger partial charge in [0.1, 0.15) is 0 Å². The number of ether oxygens (including phenoxy) is 2. The number of hydrogen-bond acceptors (Lipinski definition) is 4. The molecular weight excluding hydrogens is 437 g/mol. The fourth-order valence-corrected chi connectivity index (χ4v) is 5.95. The second kappa shape index (κ2) is 7.41. The number of hydrogen-bond donors (Lipinski definition) is 0. The fourth-order valence-electron chi connectivity index (χ4n) is 3.67. The smallest absolute Gasteiger partial charge is 0.376 e. The highest BCUT2D eigenvalue weighted by molar-refractivity contribution is 9.10. The molecule has 146 valence electrons. The molecule has 1 heterocycles. The first-order valence-corrected chi connectivity index (χ1v) is 10.9. The molecule has 26 heavy (non-hydrogen) atoms. The van der Waals surface area contributed by atoms with Crippen LogP contribution in [0.15, 0.2) is 27.6 Å². The maximum absolute atomic E-state index is 13.3. The Hall–Kier alpha value is -0.640. The van der Waals surface area contributed by atoms with Crippen molar-refractivity contribution in [1.82, 2.24) is 0 Å². The summed E-state index contributed by atoms with van der Waals surface area (Å²) < 4.78 is 76.6. The Bertz CT molecular complexity index is 748. The highest BCUT2D eigenvalue weighted by Gasteiger charge is 2.41. The molecular formula is C17H20BrF3O4S. The lowest BCUT2D eigenvalue weighted by atomic mass is 9.79. The molecule has 0 aromatic heterocycles. The quantitative estimate of drug-likeness (QED) is 0.683. The first-order valence-electron chi connectivity index (χ1n) is 8.43. The van der Waals surface area contributed by atoms with E-state index in [9.17, 15) is 21.6 Å². The Labute approximate surface area is 159 Å². The molecule has 0 N–H and O–H groups in total. The van der Waals surface area contributed by atoms with Gasteiger partial charge in [-0.05, 0) is 49.8 Å². The Balaban J connectivity index is 1.74. The van der Waals surface area contributed by atoms with E-state index in [-0.39, 0.29) is 21.7 Å². The van der Waals surface area contributed by atoms with Crippen molar-refractivity contribution < 1.29 is 31.1 Å². The van der Waals surface area contributed by atoms with Crippen molar-refractivity contribution >= 4 is 25.8 Å². The maximum Gasteiger partial charge on any atom is 0.417 e. The zero-order chi connectivity index (χ0) is 19.0. The van der Waals surface area contributed by atoms with E-state index in [1.165, 1.54) is 6.07 Å². The normalized spacial score (nSPS) is 27.6. The van der Waals surface area contributed by atoms with E-state index in [0.717, 1.165) is 12.1 Å². The van der Waals surface area contributed by atoms with Crippen LogP contribution >= 0.6 is 15.9 Å². The van der Waals surface area contributed by atoms with Crippen LogP contribution in [0.2, 0.25) is 0 Å². The molecule has 1 saturated heterocycles. The van der Waals surface area contributed by atoms with Crippen LogP contribution in [0.5, 0.6) is 0 Å². The summed E-state index contributed by atoms with van der Waals surface area (Å²) >= 11 is 2.97. The number of halogens is 4. The van der Waals surface area contributed by atoms with Crippen molar-refractivity contribution in [2.75, 3.05) is 25.6 Å². The predicted octanol–water partition coefficient (Wildman–Crippen LogP) is 4.22. The average Bonchev–Trinajstić information content (AvgIpc) is 2.57. The summed E-state index contributed by atoms with van der Waals surface area (Å²) in [5.41, 5.74) is -1.48. The molecule has 1 aromatic carbocycles. The minimum Gasteiger partial charge on any atom is -0.376 e. The lowest BCUT2D eigenvalue weighted by Gasteiger charge is -2.42. The molecule has 1 spiro atoms. The standard InChI is InChI=1S/C17H20BrF3O4S/c18-13-1-2-15(14(9-13)17(19,20)21)26(22,23)10-12-3-5-16(6-4-12)11-24-7-8-25-16/h1-2,9,12H,3-8,10-11H2.